The predicted octanol–water partition coefficient (Wildman–Crippen LogP) is 6.24. The Balaban J connectivity index is 1.37. The van der Waals surface area contributed by atoms with E-state index in [1.165, 1.54) is 12.1 Å². The van der Waals surface area contributed by atoms with Gasteiger partial charge in [-0.25, -0.2) is 14.4 Å². The van der Waals surface area contributed by atoms with Crippen LogP contribution in [0.15, 0.2) is 67.0 Å². The van der Waals surface area contributed by atoms with Crippen LogP contribution < -0.4 is 5.32 Å². The van der Waals surface area contributed by atoms with Gasteiger partial charge in [0.1, 0.15) is 23.3 Å². The highest BCUT2D eigenvalue weighted by molar-refractivity contribution is 5.96. The van der Waals surface area contributed by atoms with Crippen molar-refractivity contribution in [2.45, 2.75) is 33.4 Å². The van der Waals surface area contributed by atoms with Crippen LogP contribution in [0, 0.1) is 11.2 Å². The molecule has 6 aromatic rings. The highest BCUT2D eigenvalue weighted by Gasteiger charge is 2.19. The van der Waals surface area contributed by atoms with Gasteiger partial charge in [0.15, 0.2) is 11.5 Å². The summed E-state index contributed by atoms with van der Waals surface area (Å²) in [5, 5.41) is 31.0. The number of pyridine rings is 2. The van der Waals surface area contributed by atoms with Crippen LogP contribution in [-0.2, 0) is 0 Å². The number of aliphatic hydroxyl groups excluding tert-OH is 1. The molecule has 2 aromatic carbocycles. The summed E-state index contributed by atoms with van der Waals surface area (Å²) in [5.74, 6) is -0.191. The molecule has 0 bridgehead atoms. The molecule has 0 saturated heterocycles. The van der Waals surface area contributed by atoms with Gasteiger partial charge in [-0.1, -0.05) is 32.9 Å². The third kappa shape index (κ3) is 5.08. The first-order chi connectivity index (χ1) is 19.1. The number of fused-ring (bicyclic) bond motifs is 2. The lowest BCUT2D eigenvalue weighted by atomic mass is 9.91. The number of halogens is 1. The largest absolute Gasteiger partial charge is 0.508 e. The van der Waals surface area contributed by atoms with E-state index >= 15 is 0 Å². The predicted molar refractivity (Wildman–Crippen MR) is 153 cm³/mol. The molecule has 1 atom stereocenters. The van der Waals surface area contributed by atoms with E-state index in [0.29, 0.717) is 51.5 Å². The molecule has 202 valence electrons. The summed E-state index contributed by atoms with van der Waals surface area (Å²) in [5.41, 5.74) is 6.55. The molecule has 0 fully saturated rings. The van der Waals surface area contributed by atoms with Gasteiger partial charge in [-0.2, -0.15) is 5.10 Å². The van der Waals surface area contributed by atoms with Crippen LogP contribution >= 0.6 is 0 Å². The van der Waals surface area contributed by atoms with Gasteiger partial charge in [0.2, 0.25) is 0 Å². The van der Waals surface area contributed by atoms with Crippen molar-refractivity contribution in [3.63, 3.8) is 0 Å². The van der Waals surface area contributed by atoms with Crippen molar-refractivity contribution in [2.75, 3.05) is 5.32 Å². The molecular weight excluding hydrogens is 509 g/mol. The number of anilines is 1. The minimum atomic E-state index is -0.706. The Kier molecular flexibility index (Phi) is 6.19. The molecule has 0 aliphatic rings. The molecule has 5 N–H and O–H groups in total. The number of phenolic OH excluding ortho intramolecular Hbond substituents is 1. The fourth-order valence-electron chi connectivity index (χ4n) is 4.81. The highest BCUT2D eigenvalue weighted by Crippen LogP contribution is 2.33. The van der Waals surface area contributed by atoms with Gasteiger partial charge >= 0.3 is 0 Å². The number of imidazole rings is 1. The summed E-state index contributed by atoms with van der Waals surface area (Å²) >= 11 is 0. The topological polar surface area (TPSA) is 136 Å². The van der Waals surface area contributed by atoms with E-state index in [0.717, 1.165) is 22.7 Å². The Morgan fingerprint density at radius 3 is 2.60 bits per heavy atom. The zero-order valence-electron chi connectivity index (χ0n) is 22.2. The molecule has 0 spiro atoms. The van der Waals surface area contributed by atoms with Crippen molar-refractivity contribution >= 4 is 27.8 Å². The quantitative estimate of drug-likeness (QED) is 0.159. The van der Waals surface area contributed by atoms with Crippen LogP contribution in [0.5, 0.6) is 5.75 Å². The van der Waals surface area contributed by atoms with Gasteiger partial charge in [-0.3, -0.25) is 10.1 Å². The Morgan fingerprint density at radius 1 is 0.950 bits per heavy atom. The number of rotatable bonds is 6. The van der Waals surface area contributed by atoms with Crippen LogP contribution in [0.3, 0.4) is 0 Å². The van der Waals surface area contributed by atoms with E-state index in [2.05, 4.69) is 46.3 Å². The average molecular weight is 538 g/mol. The minimum absolute atomic E-state index is 0.0296. The van der Waals surface area contributed by atoms with Crippen molar-refractivity contribution in [1.29, 1.82) is 0 Å². The molecule has 0 saturated carbocycles. The molecule has 4 heterocycles. The SMILES string of the molecule is CC(C)(C)CC(O)Nc1cncc(-c2ccc3[nH]nc(-c4nc5c(-c6cc(O)cc(F)c6)cccc5[nH]4)c3n2)c1. The summed E-state index contributed by atoms with van der Waals surface area (Å²) in [4.78, 5) is 17.3. The van der Waals surface area contributed by atoms with E-state index in [-0.39, 0.29) is 11.2 Å². The molecule has 9 nitrogen and oxygen atoms in total. The lowest BCUT2D eigenvalue weighted by molar-refractivity contribution is 0.145. The number of aromatic hydroxyl groups is 1. The molecule has 10 heteroatoms. The Labute approximate surface area is 229 Å². The van der Waals surface area contributed by atoms with Crippen molar-refractivity contribution in [3.05, 3.63) is 72.8 Å². The first-order valence-corrected chi connectivity index (χ1v) is 12.9. The number of nitrogens with zero attached hydrogens (tertiary/aromatic N) is 4. The minimum Gasteiger partial charge on any atom is -0.508 e. The second-order valence-corrected chi connectivity index (χ2v) is 11.0. The van der Waals surface area contributed by atoms with E-state index < -0.39 is 12.0 Å². The van der Waals surface area contributed by atoms with Crippen LogP contribution in [0.2, 0.25) is 0 Å². The molecule has 0 aliphatic heterocycles. The summed E-state index contributed by atoms with van der Waals surface area (Å²) in [6.07, 6.45) is 3.26. The fourth-order valence-corrected chi connectivity index (χ4v) is 4.81. The summed E-state index contributed by atoms with van der Waals surface area (Å²) in [6.45, 7) is 6.22. The number of hydrogen-bond donors (Lipinski definition) is 5. The standard InChI is InChI=1S/C30H28FN7O2/c1-30(2,3)13-25(40)33-19-10-17(14-32-15-19)22-7-8-24-27(34-22)28(38-37-24)29-35-23-6-4-5-21(26(23)36-29)16-9-18(31)12-20(39)11-16/h4-12,14-15,25,33,39-40H,13H2,1-3H3,(H,35,36)(H,37,38). The summed E-state index contributed by atoms with van der Waals surface area (Å²) in [7, 11) is 0. The number of phenols is 1. The van der Waals surface area contributed by atoms with Gasteiger partial charge in [0.05, 0.1) is 34.1 Å². The maximum Gasteiger partial charge on any atom is 0.161 e. The average Bonchev–Trinajstić information content (AvgIpc) is 3.50. The summed E-state index contributed by atoms with van der Waals surface area (Å²) in [6, 6.07) is 15.1. The van der Waals surface area contributed by atoms with Crippen LogP contribution in [0.25, 0.3) is 56.0 Å². The Morgan fingerprint density at radius 2 is 1.80 bits per heavy atom. The zero-order valence-corrected chi connectivity index (χ0v) is 22.2. The highest BCUT2D eigenvalue weighted by atomic mass is 19.1. The van der Waals surface area contributed by atoms with Crippen molar-refractivity contribution in [2.24, 2.45) is 5.41 Å². The summed E-state index contributed by atoms with van der Waals surface area (Å²) < 4.78 is 14.0. The fraction of sp³-hybridized carbons (Fsp3) is 0.200. The van der Waals surface area contributed by atoms with Crippen LogP contribution in [0.4, 0.5) is 10.1 Å². The first kappa shape index (κ1) is 25.4. The first-order valence-electron chi connectivity index (χ1n) is 12.9. The van der Waals surface area contributed by atoms with E-state index in [1.807, 2.05) is 36.4 Å². The molecule has 0 aliphatic carbocycles. The van der Waals surface area contributed by atoms with Crippen molar-refractivity contribution in [3.8, 4) is 39.7 Å². The maximum atomic E-state index is 14.0. The lowest BCUT2D eigenvalue weighted by Crippen LogP contribution is -2.25. The van der Waals surface area contributed by atoms with Gasteiger partial charge in [-0.15, -0.1) is 0 Å². The monoisotopic (exact) mass is 537 g/mol. The molecule has 1 unspecified atom stereocenters. The number of H-pyrrole nitrogens is 2. The number of benzene rings is 2. The van der Waals surface area contributed by atoms with Crippen LogP contribution in [0.1, 0.15) is 27.2 Å². The molecular formula is C30H28FN7O2. The van der Waals surface area contributed by atoms with Gasteiger partial charge in [-0.05, 0) is 53.8 Å². The number of aromatic nitrogens is 6. The number of nitrogens with one attached hydrogen (secondary N) is 3. The zero-order chi connectivity index (χ0) is 28.0. The van der Waals surface area contributed by atoms with Gasteiger partial charge in [0.25, 0.3) is 0 Å². The lowest BCUT2D eigenvalue weighted by Gasteiger charge is -2.23. The number of aromatic amines is 2. The third-order valence-corrected chi connectivity index (χ3v) is 6.51. The Bertz CT molecular complexity index is 1830. The number of aliphatic hydroxyl groups is 1. The molecule has 0 radical (unpaired) electrons. The van der Waals surface area contributed by atoms with Gasteiger partial charge in [0, 0.05) is 23.4 Å². The number of para-hydroxylation sites is 1. The maximum absolute atomic E-state index is 14.0. The van der Waals surface area contributed by atoms with Gasteiger partial charge < -0.3 is 20.5 Å². The normalized spacial score (nSPS) is 12.7. The number of hydrogen-bond acceptors (Lipinski definition) is 7. The Hall–Kier alpha value is -4.83. The molecule has 0 amide bonds. The second kappa shape index (κ2) is 9.73. The second-order valence-electron chi connectivity index (χ2n) is 11.0. The van der Waals surface area contributed by atoms with E-state index in [4.69, 9.17) is 9.97 Å². The van der Waals surface area contributed by atoms with E-state index in [1.54, 1.807) is 12.4 Å². The van der Waals surface area contributed by atoms with Crippen LogP contribution in [-0.4, -0.2) is 46.6 Å². The smallest absolute Gasteiger partial charge is 0.161 e. The molecule has 6 rings (SSSR count). The third-order valence-electron chi connectivity index (χ3n) is 6.51. The van der Waals surface area contributed by atoms with Crippen molar-refractivity contribution in [1.82, 2.24) is 30.1 Å². The van der Waals surface area contributed by atoms with E-state index in [9.17, 15) is 14.6 Å². The molecule has 40 heavy (non-hydrogen) atoms. The van der Waals surface area contributed by atoms with Crippen molar-refractivity contribution < 1.29 is 14.6 Å². The molecule has 4 aromatic heterocycles.